The van der Waals surface area contributed by atoms with Crippen molar-refractivity contribution in [1.29, 1.82) is 0 Å². The van der Waals surface area contributed by atoms with E-state index in [9.17, 15) is 0 Å². The van der Waals surface area contributed by atoms with Crippen LogP contribution in [-0.2, 0) is 6.42 Å². The third-order valence-corrected chi connectivity index (χ3v) is 7.06. The van der Waals surface area contributed by atoms with Gasteiger partial charge in [-0.2, -0.15) is 0 Å². The zero-order valence-electron chi connectivity index (χ0n) is 13.5. The average molecular weight is 357 g/mol. The van der Waals surface area contributed by atoms with Crippen LogP contribution in [0.1, 0.15) is 42.9 Å². The van der Waals surface area contributed by atoms with E-state index in [1.807, 2.05) is 22.7 Å². The molecule has 0 aliphatic heterocycles. The van der Waals surface area contributed by atoms with Gasteiger partial charge in [0.05, 0.1) is 4.88 Å². The summed E-state index contributed by atoms with van der Waals surface area (Å²) in [5.41, 5.74) is 0. The molecule has 3 rings (SSSR count). The van der Waals surface area contributed by atoms with Gasteiger partial charge in [0.15, 0.2) is 0 Å². The van der Waals surface area contributed by atoms with E-state index in [0.717, 1.165) is 12.8 Å². The van der Waals surface area contributed by atoms with E-state index in [-0.39, 0.29) is 0 Å². The highest BCUT2D eigenvalue weighted by Crippen LogP contribution is 2.39. The second-order valence-electron chi connectivity index (χ2n) is 5.40. The molecule has 3 aromatic heterocycles. The number of unbranched alkanes of at least 4 members (excludes halogenated alkanes) is 1. The van der Waals surface area contributed by atoms with Gasteiger partial charge in [0, 0.05) is 30.8 Å². The second-order valence-corrected chi connectivity index (χ2v) is 8.73. The zero-order chi connectivity index (χ0) is 16.1. The van der Waals surface area contributed by atoms with Crippen molar-refractivity contribution in [2.45, 2.75) is 39.5 Å². The van der Waals surface area contributed by atoms with E-state index >= 15 is 0 Å². The molecule has 0 radical (unpaired) electrons. The van der Waals surface area contributed by atoms with Crippen molar-refractivity contribution in [3.8, 4) is 31.3 Å². The first-order valence-electron chi connectivity index (χ1n) is 8.08. The SMILES string of the molecule is CCCC#Cc1ccc(-c2ccc(-c3ccc(CCC)s3)s2)s1. The Bertz CT molecular complexity index is 820. The Labute approximate surface area is 150 Å². The summed E-state index contributed by atoms with van der Waals surface area (Å²) in [6.07, 6.45) is 4.51. The molecule has 0 saturated heterocycles. The highest BCUT2D eigenvalue weighted by atomic mass is 32.1. The van der Waals surface area contributed by atoms with Crippen LogP contribution in [0.4, 0.5) is 0 Å². The van der Waals surface area contributed by atoms with E-state index in [1.165, 1.54) is 42.1 Å². The summed E-state index contributed by atoms with van der Waals surface area (Å²) in [7, 11) is 0. The number of aryl methyl sites for hydroxylation is 1. The molecule has 0 spiro atoms. The van der Waals surface area contributed by atoms with E-state index in [1.54, 1.807) is 11.3 Å². The predicted molar refractivity (Wildman–Crippen MR) is 107 cm³/mol. The molecule has 0 fully saturated rings. The molecule has 0 saturated carbocycles. The van der Waals surface area contributed by atoms with E-state index < -0.39 is 0 Å². The highest BCUT2D eigenvalue weighted by Gasteiger charge is 2.09. The quantitative estimate of drug-likeness (QED) is 0.420. The normalized spacial score (nSPS) is 10.5. The van der Waals surface area contributed by atoms with Crippen molar-refractivity contribution < 1.29 is 0 Å². The summed E-state index contributed by atoms with van der Waals surface area (Å²) >= 11 is 5.61. The van der Waals surface area contributed by atoms with Gasteiger partial charge in [-0.3, -0.25) is 0 Å². The summed E-state index contributed by atoms with van der Waals surface area (Å²) in [6.45, 7) is 4.40. The van der Waals surface area contributed by atoms with Crippen LogP contribution in [0.15, 0.2) is 36.4 Å². The Morgan fingerprint density at radius 2 is 1.39 bits per heavy atom. The van der Waals surface area contributed by atoms with Crippen LogP contribution in [0, 0.1) is 11.8 Å². The monoisotopic (exact) mass is 356 g/mol. The maximum Gasteiger partial charge on any atom is 0.0775 e. The molecular formula is C20H20S3. The van der Waals surface area contributed by atoms with E-state index in [2.05, 4.69) is 62.1 Å². The fourth-order valence-electron chi connectivity index (χ4n) is 2.31. The molecule has 0 aromatic carbocycles. The van der Waals surface area contributed by atoms with Crippen LogP contribution in [0.5, 0.6) is 0 Å². The van der Waals surface area contributed by atoms with Crippen molar-refractivity contribution in [2.24, 2.45) is 0 Å². The first kappa shape index (κ1) is 16.5. The fourth-order valence-corrected chi connectivity index (χ4v) is 5.48. The van der Waals surface area contributed by atoms with Gasteiger partial charge >= 0.3 is 0 Å². The molecule has 0 nitrogen and oxygen atoms in total. The summed E-state index contributed by atoms with van der Waals surface area (Å²) in [4.78, 5) is 8.10. The minimum Gasteiger partial charge on any atom is -0.139 e. The van der Waals surface area contributed by atoms with E-state index in [0.29, 0.717) is 0 Å². The Morgan fingerprint density at radius 1 is 0.739 bits per heavy atom. The Hall–Kier alpha value is -1.34. The molecule has 0 aliphatic carbocycles. The third kappa shape index (κ3) is 4.14. The molecule has 0 bridgehead atoms. The molecule has 0 amide bonds. The largest absolute Gasteiger partial charge is 0.139 e. The Kier molecular flexibility index (Phi) is 5.72. The van der Waals surface area contributed by atoms with Crippen molar-refractivity contribution in [1.82, 2.24) is 0 Å². The lowest BCUT2D eigenvalue weighted by atomic mass is 10.3. The molecule has 3 aromatic rings. The summed E-state index contributed by atoms with van der Waals surface area (Å²) in [5, 5.41) is 0. The fraction of sp³-hybridized carbons (Fsp3) is 0.300. The van der Waals surface area contributed by atoms with Gasteiger partial charge in [-0.25, -0.2) is 0 Å². The van der Waals surface area contributed by atoms with Crippen LogP contribution in [0.3, 0.4) is 0 Å². The van der Waals surface area contributed by atoms with Gasteiger partial charge in [0.2, 0.25) is 0 Å². The molecule has 0 unspecified atom stereocenters. The molecular weight excluding hydrogens is 336 g/mol. The minimum atomic E-state index is 0.981. The van der Waals surface area contributed by atoms with Gasteiger partial charge in [-0.15, -0.1) is 34.0 Å². The lowest BCUT2D eigenvalue weighted by Gasteiger charge is -1.91. The zero-order valence-corrected chi connectivity index (χ0v) is 16.0. The lowest BCUT2D eigenvalue weighted by molar-refractivity contribution is 0.940. The van der Waals surface area contributed by atoms with Crippen molar-refractivity contribution in [2.75, 3.05) is 0 Å². The molecule has 0 atom stereocenters. The first-order chi connectivity index (χ1) is 11.3. The van der Waals surface area contributed by atoms with Crippen LogP contribution < -0.4 is 0 Å². The molecule has 0 N–H and O–H groups in total. The third-order valence-electron chi connectivity index (χ3n) is 3.44. The standard InChI is InChI=1S/C20H20S3/c1-3-5-6-8-16-10-12-18(22-16)20-14-13-19(23-20)17-11-9-15(21-17)7-4-2/h9-14H,3-5,7H2,1-2H3. The van der Waals surface area contributed by atoms with Crippen LogP contribution in [0.2, 0.25) is 0 Å². The van der Waals surface area contributed by atoms with Gasteiger partial charge in [0.1, 0.15) is 0 Å². The number of hydrogen-bond acceptors (Lipinski definition) is 3. The van der Waals surface area contributed by atoms with Crippen molar-refractivity contribution in [3.05, 3.63) is 46.2 Å². The molecule has 118 valence electrons. The van der Waals surface area contributed by atoms with Gasteiger partial charge in [0.25, 0.3) is 0 Å². The molecule has 3 heteroatoms. The maximum absolute atomic E-state index is 3.27. The second kappa shape index (κ2) is 7.97. The summed E-state index contributed by atoms with van der Waals surface area (Å²) < 4.78 is 0. The van der Waals surface area contributed by atoms with Crippen LogP contribution in [0.25, 0.3) is 19.5 Å². The van der Waals surface area contributed by atoms with Gasteiger partial charge in [-0.05, 0) is 49.2 Å². The highest BCUT2D eigenvalue weighted by molar-refractivity contribution is 7.26. The Balaban J connectivity index is 1.77. The van der Waals surface area contributed by atoms with Crippen molar-refractivity contribution >= 4 is 34.0 Å². The first-order valence-corrected chi connectivity index (χ1v) is 10.5. The minimum absolute atomic E-state index is 0.981. The summed E-state index contributed by atoms with van der Waals surface area (Å²) in [6, 6.07) is 13.4. The molecule has 0 aliphatic rings. The predicted octanol–water partition coefficient (Wildman–Crippen LogP) is 7.31. The van der Waals surface area contributed by atoms with Crippen LogP contribution >= 0.6 is 34.0 Å². The van der Waals surface area contributed by atoms with Crippen molar-refractivity contribution in [3.63, 3.8) is 0 Å². The van der Waals surface area contributed by atoms with Gasteiger partial charge in [-0.1, -0.05) is 32.1 Å². The number of rotatable bonds is 5. The molecule has 3 heterocycles. The topological polar surface area (TPSA) is 0 Å². The van der Waals surface area contributed by atoms with E-state index in [4.69, 9.17) is 0 Å². The molecule has 23 heavy (non-hydrogen) atoms. The summed E-state index contributed by atoms with van der Waals surface area (Å²) in [5.74, 6) is 6.49. The number of thiophene rings is 3. The average Bonchev–Trinajstić information content (AvgIpc) is 3.27. The Morgan fingerprint density at radius 3 is 2.13 bits per heavy atom. The maximum atomic E-state index is 3.27. The smallest absolute Gasteiger partial charge is 0.0775 e. The number of hydrogen-bond donors (Lipinski definition) is 0. The van der Waals surface area contributed by atoms with Crippen LogP contribution in [-0.4, -0.2) is 0 Å². The van der Waals surface area contributed by atoms with Gasteiger partial charge < -0.3 is 0 Å². The lowest BCUT2D eigenvalue weighted by Crippen LogP contribution is -1.71.